The van der Waals surface area contributed by atoms with Gasteiger partial charge in [-0.15, -0.1) is 11.3 Å². The molecule has 0 saturated heterocycles. The van der Waals surface area contributed by atoms with E-state index in [9.17, 15) is 9.90 Å². The Morgan fingerprint density at radius 2 is 2.17 bits per heavy atom. The summed E-state index contributed by atoms with van der Waals surface area (Å²) in [6.45, 7) is 1.03. The Morgan fingerprint density at radius 3 is 2.89 bits per heavy atom. The van der Waals surface area contributed by atoms with Crippen LogP contribution in [0.2, 0.25) is 0 Å². The van der Waals surface area contributed by atoms with Gasteiger partial charge in [0.25, 0.3) is 0 Å². The molecule has 0 aliphatic heterocycles. The van der Waals surface area contributed by atoms with E-state index >= 15 is 0 Å². The molecule has 1 saturated carbocycles. The van der Waals surface area contributed by atoms with Gasteiger partial charge in [0, 0.05) is 28.9 Å². The first kappa shape index (κ1) is 13.5. The largest absolute Gasteiger partial charge is 0.481 e. The van der Waals surface area contributed by atoms with Gasteiger partial charge in [-0.3, -0.25) is 4.79 Å². The van der Waals surface area contributed by atoms with Gasteiger partial charge in [0.05, 0.1) is 6.42 Å². The molecule has 0 radical (unpaired) electrons. The number of carboxylic acid groups (broad SMARTS) is 1. The van der Waals surface area contributed by atoms with Crippen molar-refractivity contribution in [3.63, 3.8) is 0 Å². The lowest BCUT2D eigenvalue weighted by Gasteiger charge is -2.18. The second-order valence-electron chi connectivity index (χ2n) is 4.80. The first-order chi connectivity index (χ1) is 8.69. The van der Waals surface area contributed by atoms with Crippen molar-refractivity contribution >= 4 is 17.3 Å². The third-order valence-electron chi connectivity index (χ3n) is 3.47. The lowest BCUT2D eigenvalue weighted by atomic mass is 10.1. The summed E-state index contributed by atoms with van der Waals surface area (Å²) in [6.07, 6.45) is 3.51. The van der Waals surface area contributed by atoms with Crippen LogP contribution < -0.4 is 5.32 Å². The number of hydrogen-bond acceptors (Lipinski definition) is 4. The number of hydrogen-bond donors (Lipinski definition) is 3. The molecule has 0 amide bonds. The fourth-order valence-electron chi connectivity index (χ4n) is 2.52. The van der Waals surface area contributed by atoms with Crippen molar-refractivity contribution in [2.45, 2.75) is 38.3 Å². The minimum absolute atomic E-state index is 0.105. The summed E-state index contributed by atoms with van der Waals surface area (Å²) in [5.41, 5.74) is 0. The van der Waals surface area contributed by atoms with Crippen LogP contribution in [-0.4, -0.2) is 28.8 Å². The summed E-state index contributed by atoms with van der Waals surface area (Å²) >= 11 is 1.55. The average molecular weight is 269 g/mol. The Hall–Kier alpha value is -0.910. The van der Waals surface area contributed by atoms with E-state index in [0.29, 0.717) is 12.0 Å². The van der Waals surface area contributed by atoms with Gasteiger partial charge >= 0.3 is 5.97 Å². The summed E-state index contributed by atoms with van der Waals surface area (Å²) in [5.74, 6) is -0.407. The van der Waals surface area contributed by atoms with Gasteiger partial charge in [0.1, 0.15) is 0 Å². The van der Waals surface area contributed by atoms with Gasteiger partial charge in [-0.25, -0.2) is 0 Å². The first-order valence-electron chi connectivity index (χ1n) is 6.32. The molecule has 0 spiro atoms. The molecule has 0 bridgehead atoms. The van der Waals surface area contributed by atoms with Crippen molar-refractivity contribution in [2.24, 2.45) is 5.92 Å². The van der Waals surface area contributed by atoms with Crippen LogP contribution in [0.3, 0.4) is 0 Å². The van der Waals surface area contributed by atoms with E-state index in [4.69, 9.17) is 5.11 Å². The van der Waals surface area contributed by atoms with Crippen molar-refractivity contribution in [3.05, 3.63) is 21.9 Å². The van der Waals surface area contributed by atoms with Gasteiger partial charge in [0.15, 0.2) is 0 Å². The van der Waals surface area contributed by atoms with Crippen molar-refractivity contribution in [2.75, 3.05) is 6.61 Å². The molecular weight excluding hydrogens is 250 g/mol. The lowest BCUT2D eigenvalue weighted by molar-refractivity contribution is -0.136. The molecule has 1 aromatic heterocycles. The van der Waals surface area contributed by atoms with E-state index in [1.807, 2.05) is 12.1 Å². The normalized spacial score (nSPS) is 23.4. The number of carbonyl (C=O) groups is 1. The molecule has 5 heteroatoms. The molecule has 4 nitrogen and oxygen atoms in total. The van der Waals surface area contributed by atoms with Crippen molar-refractivity contribution < 1.29 is 15.0 Å². The Kier molecular flexibility index (Phi) is 4.74. The highest BCUT2D eigenvalue weighted by Gasteiger charge is 2.25. The maximum Gasteiger partial charge on any atom is 0.308 e. The number of nitrogens with one attached hydrogen (secondary N) is 1. The standard InChI is InChI=1S/C13H19NO3S/c15-8-9-2-1-3-12(9)14-7-11-5-4-10(18-11)6-13(16)17/h4-5,9,12,14-15H,1-3,6-8H2,(H,16,17). The molecule has 2 unspecified atom stereocenters. The van der Waals surface area contributed by atoms with Gasteiger partial charge in [0.2, 0.25) is 0 Å². The van der Waals surface area contributed by atoms with E-state index in [1.165, 1.54) is 6.42 Å². The molecule has 100 valence electrons. The number of aliphatic carboxylic acids is 1. The molecule has 3 N–H and O–H groups in total. The zero-order chi connectivity index (χ0) is 13.0. The molecule has 1 aliphatic rings. The summed E-state index contributed by atoms with van der Waals surface area (Å²) in [4.78, 5) is 12.6. The van der Waals surface area contributed by atoms with Crippen LogP contribution in [0.1, 0.15) is 29.0 Å². The SMILES string of the molecule is O=C(O)Cc1ccc(CNC2CCCC2CO)s1. The molecule has 1 heterocycles. The summed E-state index contributed by atoms with van der Waals surface area (Å²) < 4.78 is 0. The van der Waals surface area contributed by atoms with E-state index in [0.717, 1.165) is 29.1 Å². The molecule has 1 aromatic rings. The van der Waals surface area contributed by atoms with Crippen LogP contribution in [0, 0.1) is 5.92 Å². The quantitative estimate of drug-likeness (QED) is 0.734. The Morgan fingerprint density at radius 1 is 1.39 bits per heavy atom. The van der Waals surface area contributed by atoms with Gasteiger partial charge in [-0.2, -0.15) is 0 Å². The topological polar surface area (TPSA) is 69.6 Å². The fourth-order valence-corrected chi connectivity index (χ4v) is 3.48. The summed E-state index contributed by atoms with van der Waals surface area (Å²) in [7, 11) is 0. The second kappa shape index (κ2) is 6.31. The highest BCUT2D eigenvalue weighted by molar-refractivity contribution is 7.12. The molecule has 2 rings (SSSR count). The average Bonchev–Trinajstić information content (AvgIpc) is 2.93. The van der Waals surface area contributed by atoms with Gasteiger partial charge in [-0.05, 0) is 30.9 Å². The minimum atomic E-state index is -0.785. The zero-order valence-corrected chi connectivity index (χ0v) is 11.1. The predicted octanol–water partition coefficient (Wildman–Crippen LogP) is 1.63. The van der Waals surface area contributed by atoms with Gasteiger partial charge < -0.3 is 15.5 Å². The maximum atomic E-state index is 10.6. The highest BCUT2D eigenvalue weighted by atomic mass is 32.1. The van der Waals surface area contributed by atoms with Crippen LogP contribution in [0.15, 0.2) is 12.1 Å². The van der Waals surface area contributed by atoms with Crippen LogP contribution in [0.4, 0.5) is 0 Å². The van der Waals surface area contributed by atoms with E-state index in [1.54, 1.807) is 11.3 Å². The number of aliphatic hydroxyl groups excluding tert-OH is 1. The van der Waals surface area contributed by atoms with Crippen LogP contribution in [-0.2, 0) is 17.8 Å². The van der Waals surface area contributed by atoms with Crippen LogP contribution >= 0.6 is 11.3 Å². The smallest absolute Gasteiger partial charge is 0.308 e. The number of carboxylic acids is 1. The van der Waals surface area contributed by atoms with Crippen molar-refractivity contribution in [3.8, 4) is 0 Å². The summed E-state index contributed by atoms with van der Waals surface area (Å²) in [5, 5.41) is 21.4. The summed E-state index contributed by atoms with van der Waals surface area (Å²) in [6, 6.07) is 4.27. The third kappa shape index (κ3) is 3.54. The highest BCUT2D eigenvalue weighted by Crippen LogP contribution is 2.26. The molecule has 18 heavy (non-hydrogen) atoms. The Balaban J connectivity index is 1.82. The van der Waals surface area contributed by atoms with E-state index < -0.39 is 5.97 Å². The van der Waals surface area contributed by atoms with E-state index in [-0.39, 0.29) is 13.0 Å². The maximum absolute atomic E-state index is 10.6. The predicted molar refractivity (Wildman–Crippen MR) is 70.7 cm³/mol. The fraction of sp³-hybridized carbons (Fsp3) is 0.615. The Bertz CT molecular complexity index is 405. The molecule has 1 fully saturated rings. The lowest BCUT2D eigenvalue weighted by Crippen LogP contribution is -2.33. The molecule has 1 aliphatic carbocycles. The molecule has 2 atom stereocenters. The monoisotopic (exact) mass is 269 g/mol. The molecule has 0 aromatic carbocycles. The van der Waals surface area contributed by atoms with E-state index in [2.05, 4.69) is 5.32 Å². The zero-order valence-electron chi connectivity index (χ0n) is 10.3. The van der Waals surface area contributed by atoms with Gasteiger partial charge in [-0.1, -0.05) is 6.42 Å². The second-order valence-corrected chi connectivity index (χ2v) is 6.05. The number of thiophene rings is 1. The minimum Gasteiger partial charge on any atom is -0.481 e. The Labute approximate surface area is 111 Å². The van der Waals surface area contributed by atoms with Crippen LogP contribution in [0.5, 0.6) is 0 Å². The third-order valence-corrected chi connectivity index (χ3v) is 4.56. The van der Waals surface area contributed by atoms with Crippen LogP contribution in [0.25, 0.3) is 0 Å². The molecular formula is C13H19NO3S. The number of rotatable bonds is 6. The van der Waals surface area contributed by atoms with Crippen molar-refractivity contribution in [1.82, 2.24) is 5.32 Å². The van der Waals surface area contributed by atoms with Crippen molar-refractivity contribution in [1.29, 1.82) is 0 Å². The number of aliphatic hydroxyl groups is 1. The first-order valence-corrected chi connectivity index (χ1v) is 7.14.